The van der Waals surface area contributed by atoms with Gasteiger partial charge in [-0.2, -0.15) is 0 Å². The predicted octanol–water partition coefficient (Wildman–Crippen LogP) is 2.91. The van der Waals surface area contributed by atoms with E-state index < -0.39 is 5.82 Å². The van der Waals surface area contributed by atoms with Crippen molar-refractivity contribution in [1.82, 2.24) is 5.32 Å². The molecule has 0 amide bonds. The molecule has 0 spiro atoms. The third-order valence-corrected chi connectivity index (χ3v) is 2.58. The number of hydrogen-bond donors (Lipinski definition) is 1. The molecular formula is C12H15ClFNO. The number of ketones is 1. The number of rotatable bonds is 5. The van der Waals surface area contributed by atoms with Crippen LogP contribution in [0, 0.1) is 11.7 Å². The monoisotopic (exact) mass is 243 g/mol. The minimum Gasteiger partial charge on any atom is -0.316 e. The summed E-state index contributed by atoms with van der Waals surface area (Å²) in [7, 11) is 0. The summed E-state index contributed by atoms with van der Waals surface area (Å²) in [6.45, 7) is 5.08. The average molecular weight is 244 g/mol. The van der Waals surface area contributed by atoms with Crippen molar-refractivity contribution in [2.45, 2.75) is 13.8 Å². The van der Waals surface area contributed by atoms with Crippen LogP contribution in [0.1, 0.15) is 24.2 Å². The molecule has 2 nitrogen and oxygen atoms in total. The first kappa shape index (κ1) is 13.1. The van der Waals surface area contributed by atoms with E-state index in [-0.39, 0.29) is 17.3 Å². The molecule has 0 heterocycles. The smallest absolute Gasteiger partial charge is 0.169 e. The van der Waals surface area contributed by atoms with Crippen molar-refractivity contribution in [2.24, 2.45) is 5.92 Å². The SMILES string of the molecule is CCNCC(C)C(=O)c1ccc(Cl)cc1F. The van der Waals surface area contributed by atoms with Crippen LogP contribution in [0.2, 0.25) is 5.02 Å². The van der Waals surface area contributed by atoms with E-state index in [1.54, 1.807) is 6.92 Å². The molecule has 1 unspecified atom stereocenters. The van der Waals surface area contributed by atoms with Crippen LogP contribution < -0.4 is 5.32 Å². The first-order chi connectivity index (χ1) is 7.56. The second-order valence-electron chi connectivity index (χ2n) is 3.70. The van der Waals surface area contributed by atoms with E-state index >= 15 is 0 Å². The molecule has 16 heavy (non-hydrogen) atoms. The van der Waals surface area contributed by atoms with E-state index in [2.05, 4.69) is 5.32 Å². The Kier molecular flexibility index (Phi) is 4.90. The molecule has 1 aromatic rings. The van der Waals surface area contributed by atoms with Crippen LogP contribution in [0.15, 0.2) is 18.2 Å². The van der Waals surface area contributed by atoms with Gasteiger partial charge < -0.3 is 5.32 Å². The Morgan fingerprint density at radius 1 is 1.56 bits per heavy atom. The Balaban J connectivity index is 2.79. The molecule has 0 aliphatic carbocycles. The number of carbonyl (C=O) groups is 1. The minimum atomic E-state index is -0.555. The number of hydrogen-bond acceptors (Lipinski definition) is 2. The Morgan fingerprint density at radius 2 is 2.25 bits per heavy atom. The lowest BCUT2D eigenvalue weighted by Crippen LogP contribution is -2.26. The van der Waals surface area contributed by atoms with E-state index in [1.807, 2.05) is 6.92 Å². The van der Waals surface area contributed by atoms with E-state index in [0.29, 0.717) is 11.6 Å². The summed E-state index contributed by atoms with van der Waals surface area (Å²) in [5, 5.41) is 3.36. The van der Waals surface area contributed by atoms with Crippen molar-refractivity contribution in [3.63, 3.8) is 0 Å². The lowest BCUT2D eigenvalue weighted by molar-refractivity contribution is 0.0925. The Hall–Kier alpha value is -0.930. The number of nitrogens with one attached hydrogen (secondary N) is 1. The van der Waals surface area contributed by atoms with Gasteiger partial charge in [-0.3, -0.25) is 4.79 Å². The maximum Gasteiger partial charge on any atom is 0.169 e. The summed E-state index contributed by atoms with van der Waals surface area (Å²) in [5.41, 5.74) is 0.106. The number of halogens is 2. The molecule has 1 aromatic carbocycles. The lowest BCUT2D eigenvalue weighted by atomic mass is 9.99. The maximum absolute atomic E-state index is 13.5. The van der Waals surface area contributed by atoms with Gasteiger partial charge in [-0.1, -0.05) is 25.4 Å². The molecular weight excluding hydrogens is 229 g/mol. The molecule has 0 aliphatic heterocycles. The molecule has 4 heteroatoms. The largest absolute Gasteiger partial charge is 0.316 e. The quantitative estimate of drug-likeness (QED) is 0.806. The summed E-state index contributed by atoms with van der Waals surface area (Å²) in [4.78, 5) is 11.9. The van der Waals surface area contributed by atoms with Gasteiger partial charge in [-0.15, -0.1) is 0 Å². The summed E-state index contributed by atoms with van der Waals surface area (Å²) in [6.07, 6.45) is 0. The lowest BCUT2D eigenvalue weighted by Gasteiger charge is -2.11. The zero-order valence-corrected chi connectivity index (χ0v) is 10.1. The molecule has 1 atom stereocenters. The van der Waals surface area contributed by atoms with Crippen LogP contribution >= 0.6 is 11.6 Å². The summed E-state index contributed by atoms with van der Waals surface area (Å²) in [5.74, 6) is -0.994. The number of benzene rings is 1. The normalized spacial score (nSPS) is 12.5. The topological polar surface area (TPSA) is 29.1 Å². The second kappa shape index (κ2) is 5.97. The highest BCUT2D eigenvalue weighted by atomic mass is 35.5. The van der Waals surface area contributed by atoms with Crippen molar-refractivity contribution >= 4 is 17.4 Å². The number of Topliss-reactive ketones (excluding diaryl/α,β-unsaturated/α-hetero) is 1. The van der Waals surface area contributed by atoms with E-state index in [1.165, 1.54) is 12.1 Å². The van der Waals surface area contributed by atoms with Gasteiger partial charge in [0.1, 0.15) is 5.82 Å². The van der Waals surface area contributed by atoms with E-state index in [9.17, 15) is 9.18 Å². The van der Waals surface area contributed by atoms with Gasteiger partial charge in [0.15, 0.2) is 5.78 Å². The van der Waals surface area contributed by atoms with E-state index in [0.717, 1.165) is 12.6 Å². The van der Waals surface area contributed by atoms with Crippen molar-refractivity contribution in [3.8, 4) is 0 Å². The van der Waals surface area contributed by atoms with Crippen LogP contribution in [0.25, 0.3) is 0 Å². The van der Waals surface area contributed by atoms with Crippen molar-refractivity contribution in [2.75, 3.05) is 13.1 Å². The Labute approximate surface area is 99.8 Å². The Bertz CT molecular complexity index is 381. The molecule has 0 radical (unpaired) electrons. The molecule has 1 rings (SSSR count). The third kappa shape index (κ3) is 3.29. The number of carbonyl (C=O) groups excluding carboxylic acids is 1. The van der Waals surface area contributed by atoms with Crippen molar-refractivity contribution < 1.29 is 9.18 Å². The van der Waals surface area contributed by atoms with Crippen LogP contribution in [0.4, 0.5) is 4.39 Å². The first-order valence-electron chi connectivity index (χ1n) is 5.26. The molecule has 0 aliphatic rings. The van der Waals surface area contributed by atoms with Crippen LogP contribution in [0.5, 0.6) is 0 Å². The zero-order chi connectivity index (χ0) is 12.1. The van der Waals surface area contributed by atoms with Gasteiger partial charge in [0.05, 0.1) is 5.56 Å². The summed E-state index contributed by atoms with van der Waals surface area (Å²) >= 11 is 5.62. The molecule has 0 saturated heterocycles. The van der Waals surface area contributed by atoms with Gasteiger partial charge >= 0.3 is 0 Å². The highest BCUT2D eigenvalue weighted by Crippen LogP contribution is 2.17. The minimum absolute atomic E-state index is 0.106. The van der Waals surface area contributed by atoms with Crippen LogP contribution in [-0.2, 0) is 0 Å². The van der Waals surface area contributed by atoms with Crippen molar-refractivity contribution in [3.05, 3.63) is 34.6 Å². The molecule has 1 N–H and O–H groups in total. The second-order valence-corrected chi connectivity index (χ2v) is 4.13. The standard InChI is InChI=1S/C12H15ClFNO/c1-3-15-7-8(2)12(16)10-5-4-9(13)6-11(10)14/h4-6,8,15H,3,7H2,1-2H3. The maximum atomic E-state index is 13.5. The molecule has 88 valence electrons. The van der Waals surface area contributed by atoms with Gasteiger partial charge in [0.25, 0.3) is 0 Å². The van der Waals surface area contributed by atoms with Gasteiger partial charge in [-0.25, -0.2) is 4.39 Å². The highest BCUT2D eigenvalue weighted by Gasteiger charge is 2.18. The average Bonchev–Trinajstić information content (AvgIpc) is 2.25. The molecule has 0 bridgehead atoms. The van der Waals surface area contributed by atoms with Crippen LogP contribution in [-0.4, -0.2) is 18.9 Å². The highest BCUT2D eigenvalue weighted by molar-refractivity contribution is 6.30. The van der Waals surface area contributed by atoms with Crippen molar-refractivity contribution in [1.29, 1.82) is 0 Å². The fourth-order valence-corrected chi connectivity index (χ4v) is 1.57. The summed E-state index contributed by atoms with van der Waals surface area (Å²) in [6, 6.07) is 4.12. The first-order valence-corrected chi connectivity index (χ1v) is 5.64. The molecule has 0 saturated carbocycles. The molecule has 0 aromatic heterocycles. The fourth-order valence-electron chi connectivity index (χ4n) is 1.41. The van der Waals surface area contributed by atoms with Gasteiger partial charge in [-0.05, 0) is 24.7 Å². The summed E-state index contributed by atoms with van der Waals surface area (Å²) < 4.78 is 13.5. The Morgan fingerprint density at radius 3 is 2.81 bits per heavy atom. The predicted molar refractivity (Wildman–Crippen MR) is 63.4 cm³/mol. The fraction of sp³-hybridized carbons (Fsp3) is 0.417. The van der Waals surface area contributed by atoms with E-state index in [4.69, 9.17) is 11.6 Å². The zero-order valence-electron chi connectivity index (χ0n) is 9.39. The van der Waals surface area contributed by atoms with Crippen LogP contribution in [0.3, 0.4) is 0 Å². The molecule has 0 fully saturated rings. The van der Waals surface area contributed by atoms with Gasteiger partial charge in [0.2, 0.25) is 0 Å². The third-order valence-electron chi connectivity index (χ3n) is 2.34. The van der Waals surface area contributed by atoms with Gasteiger partial charge in [0, 0.05) is 17.5 Å².